The summed E-state index contributed by atoms with van der Waals surface area (Å²) in [6.45, 7) is 0.665. The molecule has 2 aromatic rings. The molecule has 1 unspecified atom stereocenters. The number of carbonyl (C=O) groups is 2. The lowest BCUT2D eigenvalue weighted by Crippen LogP contribution is -2.50. The number of amides is 2. The van der Waals surface area contributed by atoms with Crippen LogP contribution in [0.15, 0.2) is 36.7 Å². The van der Waals surface area contributed by atoms with Gasteiger partial charge in [-0.1, -0.05) is 6.07 Å². The maximum Gasteiger partial charge on any atom is 0.270 e. The largest absolute Gasteiger partial charge is 0.354 e. The average molecular weight is 285 g/mol. The van der Waals surface area contributed by atoms with Crippen LogP contribution in [0, 0.1) is 0 Å². The van der Waals surface area contributed by atoms with Crippen LogP contribution >= 0.6 is 0 Å². The zero-order chi connectivity index (χ0) is 14.7. The van der Waals surface area contributed by atoms with Gasteiger partial charge < -0.3 is 10.6 Å². The summed E-state index contributed by atoms with van der Waals surface area (Å²) in [5, 5.41) is 9.52. The Morgan fingerprint density at radius 3 is 3.05 bits per heavy atom. The number of rotatable bonds is 3. The van der Waals surface area contributed by atoms with Gasteiger partial charge in [0, 0.05) is 18.9 Å². The van der Waals surface area contributed by atoms with Crippen LogP contribution in [0.25, 0.3) is 5.82 Å². The first-order valence-corrected chi connectivity index (χ1v) is 6.80. The second kappa shape index (κ2) is 5.74. The molecule has 3 heterocycles. The van der Waals surface area contributed by atoms with E-state index < -0.39 is 6.04 Å². The van der Waals surface area contributed by atoms with Crippen LogP contribution in [0.3, 0.4) is 0 Å². The molecule has 1 aliphatic rings. The Bertz CT molecular complexity index is 653. The molecule has 2 aromatic heterocycles. The number of carbonyl (C=O) groups excluding carboxylic acids is 2. The number of nitrogens with one attached hydrogen (secondary N) is 2. The van der Waals surface area contributed by atoms with Gasteiger partial charge in [0.15, 0.2) is 5.82 Å². The van der Waals surface area contributed by atoms with E-state index in [0.29, 0.717) is 18.8 Å². The second-order valence-electron chi connectivity index (χ2n) is 4.79. The zero-order valence-corrected chi connectivity index (χ0v) is 11.3. The quantitative estimate of drug-likeness (QED) is 0.847. The molecule has 0 bridgehead atoms. The van der Waals surface area contributed by atoms with Gasteiger partial charge in [-0.05, 0) is 31.0 Å². The van der Waals surface area contributed by atoms with E-state index in [1.54, 1.807) is 41.3 Å². The van der Waals surface area contributed by atoms with Crippen LogP contribution in [0.2, 0.25) is 0 Å². The van der Waals surface area contributed by atoms with Crippen LogP contribution < -0.4 is 10.6 Å². The molecule has 1 aliphatic heterocycles. The van der Waals surface area contributed by atoms with E-state index in [1.807, 2.05) is 0 Å². The topological polar surface area (TPSA) is 88.9 Å². The molecule has 7 heteroatoms. The van der Waals surface area contributed by atoms with Crippen molar-refractivity contribution in [2.45, 2.75) is 18.9 Å². The lowest BCUT2D eigenvalue weighted by molar-refractivity contribution is -0.124. The number of piperidine rings is 1. The van der Waals surface area contributed by atoms with Crippen LogP contribution in [0.1, 0.15) is 23.3 Å². The van der Waals surface area contributed by atoms with Gasteiger partial charge in [-0.15, -0.1) is 0 Å². The van der Waals surface area contributed by atoms with E-state index in [-0.39, 0.29) is 17.5 Å². The third kappa shape index (κ3) is 2.91. The molecule has 0 aromatic carbocycles. The maximum absolute atomic E-state index is 12.2. The van der Waals surface area contributed by atoms with Crippen molar-refractivity contribution in [3.05, 3.63) is 42.4 Å². The molecule has 7 nitrogen and oxygen atoms in total. The number of hydrogen-bond donors (Lipinski definition) is 2. The SMILES string of the molecule is O=C(NC1CCCNC1=O)c1cccc(-n2cccn2)n1. The van der Waals surface area contributed by atoms with Crippen molar-refractivity contribution < 1.29 is 9.59 Å². The third-order valence-electron chi connectivity index (χ3n) is 3.30. The lowest BCUT2D eigenvalue weighted by Gasteiger charge is -2.22. The minimum atomic E-state index is -0.485. The predicted molar refractivity (Wildman–Crippen MR) is 74.9 cm³/mol. The standard InChI is InChI=1S/C14H15N5O2/c20-13-10(5-2-7-15-13)18-14(21)11-4-1-6-12(17-11)19-9-3-8-16-19/h1,3-4,6,8-10H,2,5,7H2,(H,15,20)(H,18,21). The van der Waals surface area contributed by atoms with E-state index >= 15 is 0 Å². The van der Waals surface area contributed by atoms with Crippen molar-refractivity contribution in [1.82, 2.24) is 25.4 Å². The Hall–Kier alpha value is -2.70. The molecular formula is C14H15N5O2. The highest BCUT2D eigenvalue weighted by atomic mass is 16.2. The molecule has 1 atom stereocenters. The Balaban J connectivity index is 1.75. The summed E-state index contributed by atoms with van der Waals surface area (Å²) in [4.78, 5) is 28.1. The molecule has 21 heavy (non-hydrogen) atoms. The van der Waals surface area contributed by atoms with Gasteiger partial charge >= 0.3 is 0 Å². The minimum absolute atomic E-state index is 0.141. The van der Waals surface area contributed by atoms with Crippen LogP contribution in [0.5, 0.6) is 0 Å². The van der Waals surface area contributed by atoms with E-state index in [9.17, 15) is 9.59 Å². The molecule has 0 saturated carbocycles. The van der Waals surface area contributed by atoms with Gasteiger partial charge in [-0.2, -0.15) is 5.10 Å². The maximum atomic E-state index is 12.2. The van der Waals surface area contributed by atoms with E-state index in [0.717, 1.165) is 6.42 Å². The minimum Gasteiger partial charge on any atom is -0.354 e. The number of nitrogens with zero attached hydrogens (tertiary/aromatic N) is 3. The van der Waals surface area contributed by atoms with Crippen molar-refractivity contribution >= 4 is 11.8 Å². The van der Waals surface area contributed by atoms with Gasteiger partial charge in [0.05, 0.1) is 0 Å². The summed E-state index contributed by atoms with van der Waals surface area (Å²) in [5.74, 6) is 0.0598. The number of hydrogen-bond acceptors (Lipinski definition) is 4. The Kier molecular flexibility index (Phi) is 3.63. The molecule has 0 aliphatic carbocycles. The molecule has 1 fully saturated rings. The second-order valence-corrected chi connectivity index (χ2v) is 4.79. The van der Waals surface area contributed by atoms with Crippen molar-refractivity contribution in [2.24, 2.45) is 0 Å². The highest BCUT2D eigenvalue weighted by Gasteiger charge is 2.24. The highest BCUT2D eigenvalue weighted by molar-refractivity contribution is 5.96. The number of aromatic nitrogens is 3. The van der Waals surface area contributed by atoms with Gasteiger partial charge in [0.2, 0.25) is 5.91 Å². The molecule has 0 spiro atoms. The van der Waals surface area contributed by atoms with Gasteiger partial charge in [0.1, 0.15) is 11.7 Å². The Morgan fingerprint density at radius 2 is 2.29 bits per heavy atom. The fraction of sp³-hybridized carbons (Fsp3) is 0.286. The van der Waals surface area contributed by atoms with Gasteiger partial charge in [-0.3, -0.25) is 9.59 Å². The molecule has 108 valence electrons. The van der Waals surface area contributed by atoms with E-state index in [2.05, 4.69) is 20.7 Å². The monoisotopic (exact) mass is 285 g/mol. The van der Waals surface area contributed by atoms with Crippen LogP contribution in [0.4, 0.5) is 0 Å². The first kappa shape index (κ1) is 13.3. The van der Waals surface area contributed by atoms with Crippen LogP contribution in [-0.4, -0.2) is 39.2 Å². The summed E-state index contributed by atoms with van der Waals surface area (Å²) in [7, 11) is 0. The molecule has 2 N–H and O–H groups in total. The molecular weight excluding hydrogens is 270 g/mol. The summed E-state index contributed by atoms with van der Waals surface area (Å²) < 4.78 is 1.57. The molecule has 2 amide bonds. The molecule has 1 saturated heterocycles. The highest BCUT2D eigenvalue weighted by Crippen LogP contribution is 2.07. The van der Waals surface area contributed by atoms with Gasteiger partial charge in [-0.25, -0.2) is 9.67 Å². The fourth-order valence-electron chi connectivity index (χ4n) is 2.22. The van der Waals surface area contributed by atoms with E-state index in [4.69, 9.17) is 0 Å². The fourth-order valence-corrected chi connectivity index (χ4v) is 2.22. The zero-order valence-electron chi connectivity index (χ0n) is 11.3. The summed E-state index contributed by atoms with van der Waals surface area (Å²) in [6, 6.07) is 6.40. The molecule has 0 radical (unpaired) electrons. The smallest absolute Gasteiger partial charge is 0.270 e. The normalized spacial score (nSPS) is 18.1. The van der Waals surface area contributed by atoms with E-state index in [1.165, 1.54) is 0 Å². The molecule has 3 rings (SSSR count). The van der Waals surface area contributed by atoms with Crippen molar-refractivity contribution in [3.63, 3.8) is 0 Å². The van der Waals surface area contributed by atoms with Crippen molar-refractivity contribution in [3.8, 4) is 5.82 Å². The Morgan fingerprint density at radius 1 is 1.38 bits per heavy atom. The first-order chi connectivity index (χ1) is 10.2. The summed E-state index contributed by atoms with van der Waals surface area (Å²) >= 11 is 0. The summed E-state index contributed by atoms with van der Waals surface area (Å²) in [5.41, 5.74) is 0.265. The Labute approximate surface area is 121 Å². The van der Waals surface area contributed by atoms with Gasteiger partial charge in [0.25, 0.3) is 5.91 Å². The average Bonchev–Trinajstić information content (AvgIpc) is 3.04. The predicted octanol–water partition coefficient (Wildman–Crippen LogP) is 0.276. The van der Waals surface area contributed by atoms with Crippen molar-refractivity contribution in [1.29, 1.82) is 0 Å². The number of pyridine rings is 1. The first-order valence-electron chi connectivity index (χ1n) is 6.80. The summed E-state index contributed by atoms with van der Waals surface area (Å²) in [6.07, 6.45) is 4.90. The van der Waals surface area contributed by atoms with Crippen molar-refractivity contribution in [2.75, 3.05) is 6.54 Å². The third-order valence-corrected chi connectivity index (χ3v) is 3.30. The lowest BCUT2D eigenvalue weighted by atomic mass is 10.1. The van der Waals surface area contributed by atoms with Crippen LogP contribution in [-0.2, 0) is 4.79 Å².